The van der Waals surface area contributed by atoms with Crippen LogP contribution in [0.4, 0.5) is 0 Å². The van der Waals surface area contributed by atoms with E-state index >= 15 is 0 Å². The summed E-state index contributed by atoms with van der Waals surface area (Å²) >= 11 is 0. The van der Waals surface area contributed by atoms with Gasteiger partial charge in [0, 0.05) is 6.04 Å². The molecule has 0 spiro atoms. The monoisotopic (exact) mass is 349 g/mol. The van der Waals surface area contributed by atoms with Crippen LogP contribution in [0.1, 0.15) is 19.4 Å². The molecule has 0 aliphatic heterocycles. The van der Waals surface area contributed by atoms with E-state index in [1.54, 1.807) is 12.1 Å². The molecule has 2 aromatic rings. The highest BCUT2D eigenvalue weighted by molar-refractivity contribution is 7.89. The van der Waals surface area contributed by atoms with E-state index in [0.717, 1.165) is 5.56 Å². The smallest absolute Gasteiger partial charge is 0.240 e. The van der Waals surface area contributed by atoms with Gasteiger partial charge in [-0.15, -0.1) is 0 Å². The van der Waals surface area contributed by atoms with E-state index in [1.165, 1.54) is 12.1 Å². The van der Waals surface area contributed by atoms with Gasteiger partial charge in [-0.05, 0) is 50.1 Å². The summed E-state index contributed by atoms with van der Waals surface area (Å²) in [6.45, 7) is 3.53. The predicted molar refractivity (Wildman–Crippen MR) is 93.5 cm³/mol. The van der Waals surface area contributed by atoms with Gasteiger partial charge < -0.3 is 9.84 Å². The second-order valence-electron chi connectivity index (χ2n) is 5.83. The van der Waals surface area contributed by atoms with Crippen LogP contribution in [-0.2, 0) is 16.4 Å². The Labute approximate surface area is 143 Å². The van der Waals surface area contributed by atoms with E-state index in [9.17, 15) is 13.5 Å². The van der Waals surface area contributed by atoms with Gasteiger partial charge in [-0.2, -0.15) is 0 Å². The van der Waals surface area contributed by atoms with Gasteiger partial charge in [-0.25, -0.2) is 13.1 Å². The maximum atomic E-state index is 12.5. The maximum Gasteiger partial charge on any atom is 0.240 e. The van der Waals surface area contributed by atoms with Gasteiger partial charge in [0.25, 0.3) is 0 Å². The number of sulfonamides is 1. The number of aliphatic hydroxyl groups excluding tert-OH is 1. The zero-order valence-corrected chi connectivity index (χ0v) is 14.7. The summed E-state index contributed by atoms with van der Waals surface area (Å²) < 4.78 is 33.0. The van der Waals surface area contributed by atoms with Crippen molar-refractivity contribution in [1.82, 2.24) is 4.72 Å². The first-order valence-electron chi connectivity index (χ1n) is 7.84. The largest absolute Gasteiger partial charge is 0.491 e. The third-order valence-corrected chi connectivity index (χ3v) is 4.91. The minimum atomic E-state index is -3.70. The number of hydrogen-bond donors (Lipinski definition) is 2. The van der Waals surface area contributed by atoms with Crippen molar-refractivity contribution >= 4 is 10.0 Å². The average molecular weight is 349 g/mol. The number of aliphatic hydroxyl groups is 1. The lowest BCUT2D eigenvalue weighted by Gasteiger charge is -2.17. The number of ether oxygens (including phenoxy) is 1. The molecule has 0 saturated heterocycles. The quantitative estimate of drug-likeness (QED) is 0.767. The van der Waals surface area contributed by atoms with Crippen LogP contribution >= 0.6 is 0 Å². The number of rotatable bonds is 8. The Hall–Kier alpha value is -1.89. The molecule has 1 atom stereocenters. The van der Waals surface area contributed by atoms with Crippen molar-refractivity contribution in [3.8, 4) is 5.75 Å². The summed E-state index contributed by atoms with van der Waals surface area (Å²) in [6, 6.07) is 15.1. The summed E-state index contributed by atoms with van der Waals surface area (Å²) in [5.41, 5.74) is 0.958. The highest BCUT2D eigenvalue weighted by Gasteiger charge is 2.20. The zero-order valence-electron chi connectivity index (χ0n) is 13.8. The molecule has 0 aromatic heterocycles. The lowest BCUT2D eigenvalue weighted by atomic mass is 10.1. The van der Waals surface area contributed by atoms with Crippen molar-refractivity contribution in [1.29, 1.82) is 0 Å². The Bertz CT molecular complexity index is 727. The summed E-state index contributed by atoms with van der Waals surface area (Å²) in [7, 11) is -3.70. The first-order chi connectivity index (χ1) is 11.4. The van der Waals surface area contributed by atoms with Gasteiger partial charge >= 0.3 is 0 Å². The van der Waals surface area contributed by atoms with E-state index < -0.39 is 16.1 Å². The highest BCUT2D eigenvalue weighted by Crippen LogP contribution is 2.17. The van der Waals surface area contributed by atoms with Crippen LogP contribution in [-0.4, -0.2) is 32.3 Å². The van der Waals surface area contributed by atoms with E-state index in [2.05, 4.69) is 4.72 Å². The Morgan fingerprint density at radius 1 is 1.04 bits per heavy atom. The summed E-state index contributed by atoms with van der Waals surface area (Å²) in [5, 5.41) is 9.49. The molecule has 0 aliphatic carbocycles. The van der Waals surface area contributed by atoms with Gasteiger partial charge in [-0.1, -0.05) is 30.3 Å². The molecule has 0 radical (unpaired) electrons. The molecule has 130 valence electrons. The van der Waals surface area contributed by atoms with Gasteiger partial charge in [-0.3, -0.25) is 0 Å². The van der Waals surface area contributed by atoms with Crippen molar-refractivity contribution in [2.45, 2.75) is 37.3 Å². The lowest BCUT2D eigenvalue weighted by Crippen LogP contribution is -2.39. The SMILES string of the molecule is CC(C)Oc1ccc(S(=O)(=O)NC(CO)Cc2ccccc2)cc1. The molecule has 0 bridgehead atoms. The molecule has 2 rings (SSSR count). The van der Waals surface area contributed by atoms with Crippen molar-refractivity contribution in [3.05, 3.63) is 60.2 Å². The number of benzene rings is 2. The Kier molecular flexibility index (Phi) is 6.36. The zero-order chi connectivity index (χ0) is 17.6. The van der Waals surface area contributed by atoms with Gasteiger partial charge in [0.2, 0.25) is 10.0 Å². The average Bonchev–Trinajstić information content (AvgIpc) is 2.55. The second kappa shape index (κ2) is 8.28. The molecule has 6 heteroatoms. The van der Waals surface area contributed by atoms with Gasteiger partial charge in [0.05, 0.1) is 17.6 Å². The molecule has 0 heterocycles. The van der Waals surface area contributed by atoms with Crippen LogP contribution in [0.3, 0.4) is 0 Å². The Balaban J connectivity index is 2.08. The fraction of sp³-hybridized carbons (Fsp3) is 0.333. The van der Waals surface area contributed by atoms with E-state index in [0.29, 0.717) is 12.2 Å². The van der Waals surface area contributed by atoms with Crippen LogP contribution < -0.4 is 9.46 Å². The van der Waals surface area contributed by atoms with Crippen LogP contribution in [0.15, 0.2) is 59.5 Å². The van der Waals surface area contributed by atoms with Crippen LogP contribution in [0, 0.1) is 0 Å². The van der Waals surface area contributed by atoms with E-state index in [-0.39, 0.29) is 17.6 Å². The molecule has 24 heavy (non-hydrogen) atoms. The maximum absolute atomic E-state index is 12.5. The molecule has 1 unspecified atom stereocenters. The van der Waals surface area contributed by atoms with Crippen LogP contribution in [0.5, 0.6) is 5.75 Å². The lowest BCUT2D eigenvalue weighted by molar-refractivity contribution is 0.242. The molecule has 5 nitrogen and oxygen atoms in total. The summed E-state index contributed by atoms with van der Waals surface area (Å²) in [4.78, 5) is 0.144. The van der Waals surface area contributed by atoms with Crippen LogP contribution in [0.2, 0.25) is 0 Å². The van der Waals surface area contributed by atoms with Crippen molar-refractivity contribution in [2.75, 3.05) is 6.61 Å². The fourth-order valence-corrected chi connectivity index (χ4v) is 3.53. The molecule has 2 N–H and O–H groups in total. The van der Waals surface area contributed by atoms with Crippen molar-refractivity contribution < 1.29 is 18.3 Å². The molecular formula is C18H23NO4S. The van der Waals surface area contributed by atoms with Crippen molar-refractivity contribution in [3.63, 3.8) is 0 Å². The Morgan fingerprint density at radius 3 is 2.21 bits per heavy atom. The first kappa shape index (κ1) is 18.4. The molecule has 0 fully saturated rings. The van der Waals surface area contributed by atoms with Gasteiger partial charge in [0.1, 0.15) is 5.75 Å². The van der Waals surface area contributed by atoms with Gasteiger partial charge in [0.15, 0.2) is 0 Å². The number of hydrogen-bond acceptors (Lipinski definition) is 4. The Morgan fingerprint density at radius 2 is 1.67 bits per heavy atom. The normalized spacial score (nSPS) is 13.0. The number of nitrogens with one attached hydrogen (secondary N) is 1. The highest BCUT2D eigenvalue weighted by atomic mass is 32.2. The molecule has 0 saturated carbocycles. The summed E-state index contributed by atoms with van der Waals surface area (Å²) in [5.74, 6) is 0.618. The van der Waals surface area contributed by atoms with E-state index in [1.807, 2.05) is 44.2 Å². The second-order valence-corrected chi connectivity index (χ2v) is 7.54. The molecule has 0 aliphatic rings. The predicted octanol–water partition coefficient (Wildman–Crippen LogP) is 2.36. The third-order valence-electron chi connectivity index (χ3n) is 3.37. The summed E-state index contributed by atoms with van der Waals surface area (Å²) in [6.07, 6.45) is 0.445. The minimum Gasteiger partial charge on any atom is -0.491 e. The first-order valence-corrected chi connectivity index (χ1v) is 9.33. The minimum absolute atomic E-state index is 0.0234. The van der Waals surface area contributed by atoms with Crippen LogP contribution in [0.25, 0.3) is 0 Å². The molecule has 0 amide bonds. The molecule has 2 aromatic carbocycles. The topological polar surface area (TPSA) is 75.6 Å². The third kappa shape index (κ3) is 5.33. The molecular weight excluding hydrogens is 326 g/mol. The fourth-order valence-electron chi connectivity index (χ4n) is 2.30. The van der Waals surface area contributed by atoms with E-state index in [4.69, 9.17) is 4.74 Å². The van der Waals surface area contributed by atoms with Crippen molar-refractivity contribution in [2.24, 2.45) is 0 Å². The standard InChI is InChI=1S/C18H23NO4S/c1-14(2)23-17-8-10-18(11-9-17)24(21,22)19-16(13-20)12-15-6-4-3-5-7-15/h3-11,14,16,19-20H,12-13H2,1-2H3.